The van der Waals surface area contributed by atoms with Crippen molar-refractivity contribution in [3.63, 3.8) is 0 Å². The number of rotatable bonds is 9. The Labute approximate surface area is 169 Å². The first-order valence-corrected chi connectivity index (χ1v) is 10.3. The summed E-state index contributed by atoms with van der Waals surface area (Å²) in [4.78, 5) is 23.9. The largest absolute Gasteiger partial charge is 0.469 e. The van der Waals surface area contributed by atoms with E-state index in [1.54, 1.807) is 24.3 Å². The van der Waals surface area contributed by atoms with Crippen molar-refractivity contribution < 1.29 is 22.7 Å². The number of esters is 1. The quantitative estimate of drug-likeness (QED) is 0.602. The van der Waals surface area contributed by atoms with E-state index in [4.69, 9.17) is 11.6 Å². The average Bonchev–Trinajstić information content (AvgIpc) is 2.68. The first-order valence-electron chi connectivity index (χ1n) is 8.48. The second-order valence-electron chi connectivity index (χ2n) is 5.91. The Kier molecular flexibility index (Phi) is 7.98. The fourth-order valence-electron chi connectivity index (χ4n) is 2.45. The summed E-state index contributed by atoms with van der Waals surface area (Å²) in [5, 5.41) is 3.17. The Morgan fingerprint density at radius 2 is 1.71 bits per heavy atom. The molecule has 150 valence electrons. The van der Waals surface area contributed by atoms with Gasteiger partial charge in [-0.3, -0.25) is 9.59 Å². The van der Waals surface area contributed by atoms with Crippen LogP contribution in [0.4, 0.5) is 0 Å². The van der Waals surface area contributed by atoms with Crippen LogP contribution in [0.1, 0.15) is 24.4 Å². The monoisotopic (exact) mass is 424 g/mol. The lowest BCUT2D eigenvalue weighted by atomic mass is 10.0. The predicted molar refractivity (Wildman–Crippen MR) is 105 cm³/mol. The molecule has 2 aromatic rings. The predicted octanol–water partition coefficient (Wildman–Crippen LogP) is 2.43. The third-order valence-electron chi connectivity index (χ3n) is 3.90. The lowest BCUT2D eigenvalue weighted by Gasteiger charge is -2.18. The SMILES string of the molecule is COC(=O)CC(NC(=O)CCNS(=O)(=O)c1ccc(Cl)cc1)c1ccccc1. The van der Waals surface area contributed by atoms with Gasteiger partial charge in [-0.1, -0.05) is 41.9 Å². The molecule has 2 rings (SSSR count). The van der Waals surface area contributed by atoms with E-state index < -0.39 is 27.9 Å². The van der Waals surface area contributed by atoms with Crippen LogP contribution in [0.5, 0.6) is 0 Å². The molecule has 1 amide bonds. The molecule has 2 aromatic carbocycles. The summed E-state index contributed by atoms with van der Waals surface area (Å²) in [5.74, 6) is -0.853. The molecule has 7 nitrogen and oxygen atoms in total. The highest BCUT2D eigenvalue weighted by Crippen LogP contribution is 2.17. The van der Waals surface area contributed by atoms with Crippen LogP contribution in [-0.2, 0) is 24.3 Å². The Bertz CT molecular complexity index is 902. The highest BCUT2D eigenvalue weighted by Gasteiger charge is 2.19. The van der Waals surface area contributed by atoms with Gasteiger partial charge in [0.05, 0.1) is 24.5 Å². The number of methoxy groups -OCH3 is 1. The lowest BCUT2D eigenvalue weighted by Crippen LogP contribution is -2.34. The minimum absolute atomic E-state index is 0.0250. The fraction of sp³-hybridized carbons (Fsp3) is 0.263. The van der Waals surface area contributed by atoms with Gasteiger partial charge in [-0.05, 0) is 29.8 Å². The Hall–Kier alpha value is -2.42. The number of carbonyl (C=O) groups is 2. The zero-order chi connectivity index (χ0) is 20.6. The molecule has 0 aliphatic carbocycles. The molecule has 0 aliphatic rings. The molecule has 0 saturated heterocycles. The molecule has 9 heteroatoms. The molecule has 0 radical (unpaired) electrons. The summed E-state index contributed by atoms with van der Waals surface area (Å²) in [6.07, 6.45) is -0.111. The lowest BCUT2D eigenvalue weighted by molar-refractivity contribution is -0.141. The van der Waals surface area contributed by atoms with E-state index in [1.807, 2.05) is 6.07 Å². The van der Waals surface area contributed by atoms with Crippen LogP contribution >= 0.6 is 11.6 Å². The van der Waals surface area contributed by atoms with Gasteiger partial charge in [0.25, 0.3) is 0 Å². The molecule has 0 saturated carbocycles. The maximum Gasteiger partial charge on any atom is 0.307 e. The molecule has 0 heterocycles. The number of hydrogen-bond acceptors (Lipinski definition) is 5. The molecular formula is C19H21ClN2O5S. The number of ether oxygens (including phenoxy) is 1. The number of sulfonamides is 1. The highest BCUT2D eigenvalue weighted by molar-refractivity contribution is 7.89. The van der Waals surface area contributed by atoms with Crippen LogP contribution in [0.3, 0.4) is 0 Å². The first-order chi connectivity index (χ1) is 13.3. The molecule has 0 fully saturated rings. The van der Waals surface area contributed by atoms with Crippen LogP contribution in [0.25, 0.3) is 0 Å². The summed E-state index contributed by atoms with van der Waals surface area (Å²) in [7, 11) is -2.46. The molecule has 0 spiro atoms. The molecule has 28 heavy (non-hydrogen) atoms. The summed E-state index contributed by atoms with van der Waals surface area (Å²) in [6.45, 7) is -0.0868. The minimum atomic E-state index is -3.74. The van der Waals surface area contributed by atoms with Crippen molar-refractivity contribution in [2.24, 2.45) is 0 Å². The second-order valence-corrected chi connectivity index (χ2v) is 8.12. The van der Waals surface area contributed by atoms with Crippen LogP contribution in [0.2, 0.25) is 5.02 Å². The van der Waals surface area contributed by atoms with Crippen molar-refractivity contribution in [3.8, 4) is 0 Å². The van der Waals surface area contributed by atoms with Crippen molar-refractivity contribution >= 4 is 33.5 Å². The van der Waals surface area contributed by atoms with E-state index in [9.17, 15) is 18.0 Å². The van der Waals surface area contributed by atoms with Crippen LogP contribution in [0.15, 0.2) is 59.5 Å². The third kappa shape index (κ3) is 6.63. The molecule has 0 aliphatic heterocycles. The third-order valence-corrected chi connectivity index (χ3v) is 5.63. The van der Waals surface area contributed by atoms with Crippen molar-refractivity contribution in [2.45, 2.75) is 23.8 Å². The van der Waals surface area contributed by atoms with Crippen molar-refractivity contribution in [1.29, 1.82) is 0 Å². The smallest absolute Gasteiger partial charge is 0.307 e. The van der Waals surface area contributed by atoms with E-state index in [-0.39, 0.29) is 24.3 Å². The van der Waals surface area contributed by atoms with Crippen LogP contribution in [0, 0.1) is 0 Å². The highest BCUT2D eigenvalue weighted by atomic mass is 35.5. The Morgan fingerprint density at radius 1 is 1.07 bits per heavy atom. The van der Waals surface area contributed by atoms with E-state index in [1.165, 1.54) is 31.4 Å². The van der Waals surface area contributed by atoms with Gasteiger partial charge in [-0.25, -0.2) is 13.1 Å². The fourth-order valence-corrected chi connectivity index (χ4v) is 3.61. The Balaban J connectivity index is 1.93. The van der Waals surface area contributed by atoms with Gasteiger partial charge in [-0.15, -0.1) is 0 Å². The summed E-state index contributed by atoms with van der Waals surface area (Å²) in [5.41, 5.74) is 0.753. The second kappa shape index (κ2) is 10.2. The maximum absolute atomic E-state index is 12.2. The van der Waals surface area contributed by atoms with E-state index in [2.05, 4.69) is 14.8 Å². The summed E-state index contributed by atoms with van der Waals surface area (Å²) < 4.78 is 31.5. The molecule has 0 aromatic heterocycles. The molecular weight excluding hydrogens is 404 g/mol. The first kappa shape index (κ1) is 21.9. The van der Waals surface area contributed by atoms with Crippen LogP contribution in [-0.4, -0.2) is 33.9 Å². The van der Waals surface area contributed by atoms with Gasteiger partial charge < -0.3 is 10.1 Å². The molecule has 1 unspecified atom stereocenters. The number of halogens is 1. The van der Waals surface area contributed by atoms with E-state index in [0.717, 1.165) is 5.56 Å². The van der Waals surface area contributed by atoms with E-state index in [0.29, 0.717) is 5.02 Å². The standard InChI is InChI=1S/C19H21ClN2O5S/c1-27-19(24)13-17(14-5-3-2-4-6-14)22-18(23)11-12-21-28(25,26)16-9-7-15(20)8-10-16/h2-10,17,21H,11-13H2,1H3,(H,22,23). The number of amides is 1. The van der Waals surface area contributed by atoms with Gasteiger partial charge >= 0.3 is 5.97 Å². The Morgan fingerprint density at radius 3 is 2.32 bits per heavy atom. The molecule has 1 atom stereocenters. The maximum atomic E-state index is 12.2. The van der Waals surface area contributed by atoms with Crippen molar-refractivity contribution in [1.82, 2.24) is 10.0 Å². The van der Waals surface area contributed by atoms with Gasteiger partial charge in [0.1, 0.15) is 0 Å². The van der Waals surface area contributed by atoms with Crippen molar-refractivity contribution in [2.75, 3.05) is 13.7 Å². The number of carbonyl (C=O) groups excluding carboxylic acids is 2. The van der Waals surface area contributed by atoms with Crippen molar-refractivity contribution in [3.05, 3.63) is 65.2 Å². The van der Waals surface area contributed by atoms with Gasteiger partial charge in [-0.2, -0.15) is 0 Å². The van der Waals surface area contributed by atoms with Gasteiger partial charge in [0, 0.05) is 18.0 Å². The summed E-state index contributed by atoms with van der Waals surface area (Å²) in [6, 6.07) is 14.1. The molecule has 0 bridgehead atoms. The zero-order valence-corrected chi connectivity index (χ0v) is 16.8. The topological polar surface area (TPSA) is 102 Å². The minimum Gasteiger partial charge on any atom is -0.469 e. The zero-order valence-electron chi connectivity index (χ0n) is 15.2. The molecule has 2 N–H and O–H groups in total. The number of hydrogen-bond donors (Lipinski definition) is 2. The average molecular weight is 425 g/mol. The normalized spacial score (nSPS) is 12.2. The van der Waals surface area contributed by atoms with E-state index >= 15 is 0 Å². The van der Waals surface area contributed by atoms with Gasteiger partial charge in [0.2, 0.25) is 15.9 Å². The van der Waals surface area contributed by atoms with Crippen LogP contribution < -0.4 is 10.0 Å². The van der Waals surface area contributed by atoms with Gasteiger partial charge in [0.15, 0.2) is 0 Å². The summed E-state index contributed by atoms with van der Waals surface area (Å²) >= 11 is 5.75. The number of benzene rings is 2. The number of nitrogens with one attached hydrogen (secondary N) is 2.